The van der Waals surface area contributed by atoms with E-state index in [-0.39, 0.29) is 29.5 Å². The lowest BCUT2D eigenvalue weighted by Crippen LogP contribution is -2.13. The van der Waals surface area contributed by atoms with E-state index in [2.05, 4.69) is 30.6 Å². The van der Waals surface area contributed by atoms with Crippen LogP contribution in [0, 0.1) is 5.82 Å². The Morgan fingerprint density at radius 2 is 2.16 bits per heavy atom. The third-order valence-corrected chi connectivity index (χ3v) is 4.97. The van der Waals surface area contributed by atoms with E-state index in [1.54, 1.807) is 18.5 Å². The van der Waals surface area contributed by atoms with Crippen molar-refractivity contribution in [3.63, 3.8) is 0 Å². The normalized spacial score (nSPS) is 10.9. The number of hydrogen-bond acceptors (Lipinski definition) is 9. The summed E-state index contributed by atoms with van der Waals surface area (Å²) < 4.78 is 24.5. The number of anilines is 1. The van der Waals surface area contributed by atoms with Gasteiger partial charge in [0.2, 0.25) is 17.7 Å². The first-order chi connectivity index (χ1) is 15.1. The van der Waals surface area contributed by atoms with Crippen LogP contribution in [-0.2, 0) is 17.0 Å². The first-order valence-electron chi connectivity index (χ1n) is 9.00. The van der Waals surface area contributed by atoms with Crippen LogP contribution >= 0.6 is 23.4 Å². The van der Waals surface area contributed by atoms with Crippen molar-refractivity contribution < 1.29 is 18.1 Å². The predicted molar refractivity (Wildman–Crippen MR) is 110 cm³/mol. The fourth-order valence-electron chi connectivity index (χ4n) is 2.47. The summed E-state index contributed by atoms with van der Waals surface area (Å²) in [5.74, 6) is 0.442. The number of hydrogen-bond donors (Lipinski definition) is 1. The highest BCUT2D eigenvalue weighted by Crippen LogP contribution is 2.24. The topological polar surface area (TPSA) is 120 Å². The van der Waals surface area contributed by atoms with Crippen molar-refractivity contribution in [1.29, 1.82) is 0 Å². The van der Waals surface area contributed by atoms with E-state index >= 15 is 0 Å². The molecule has 4 rings (SSSR count). The monoisotopic (exact) mass is 460 g/mol. The Morgan fingerprint density at radius 3 is 2.97 bits per heavy atom. The van der Waals surface area contributed by atoms with Gasteiger partial charge in [-0.1, -0.05) is 28.5 Å². The highest BCUT2D eigenvalue weighted by molar-refractivity contribution is 7.98. The third kappa shape index (κ3) is 5.64. The van der Waals surface area contributed by atoms with Crippen molar-refractivity contribution >= 4 is 35.0 Å². The molecule has 0 unspecified atom stereocenters. The zero-order valence-electron chi connectivity index (χ0n) is 15.8. The van der Waals surface area contributed by atoms with Gasteiger partial charge in [-0.05, 0) is 30.3 Å². The minimum atomic E-state index is -0.606. The van der Waals surface area contributed by atoms with Gasteiger partial charge >= 0.3 is 0 Å². The van der Waals surface area contributed by atoms with E-state index in [1.165, 1.54) is 23.9 Å². The number of nitrogens with one attached hydrogen (secondary N) is 1. The second-order valence-electron chi connectivity index (χ2n) is 6.18. The maximum absolute atomic E-state index is 13.7. The first kappa shape index (κ1) is 20.9. The summed E-state index contributed by atoms with van der Waals surface area (Å²) in [6.07, 6.45) is 3.55. The highest BCUT2D eigenvalue weighted by Gasteiger charge is 2.14. The summed E-state index contributed by atoms with van der Waals surface area (Å²) >= 11 is 6.95. The highest BCUT2D eigenvalue weighted by atomic mass is 35.5. The molecule has 3 heterocycles. The van der Waals surface area contributed by atoms with E-state index in [9.17, 15) is 9.18 Å². The molecule has 0 aliphatic carbocycles. The molecule has 0 saturated heterocycles. The summed E-state index contributed by atoms with van der Waals surface area (Å²) in [6, 6.07) is 7.61. The first-order valence-corrected chi connectivity index (χ1v) is 10.4. The Morgan fingerprint density at radius 1 is 1.26 bits per heavy atom. The van der Waals surface area contributed by atoms with Crippen LogP contribution in [0.2, 0.25) is 5.02 Å². The predicted octanol–water partition coefficient (Wildman–Crippen LogP) is 4.17. The largest absolute Gasteiger partial charge is 0.411 e. The second-order valence-corrected chi connectivity index (χ2v) is 7.54. The number of thioether (sulfide) groups is 1. The molecule has 0 saturated carbocycles. The number of amides is 1. The third-order valence-electron chi connectivity index (χ3n) is 3.92. The molecule has 0 spiro atoms. The zero-order valence-corrected chi connectivity index (χ0v) is 17.4. The minimum absolute atomic E-state index is 0.0506. The Labute approximate surface area is 184 Å². The number of benzene rings is 1. The number of rotatable bonds is 8. The van der Waals surface area contributed by atoms with Crippen molar-refractivity contribution in [3.05, 3.63) is 65.3 Å². The van der Waals surface area contributed by atoms with Crippen molar-refractivity contribution in [2.24, 2.45) is 0 Å². The van der Waals surface area contributed by atoms with Gasteiger partial charge in [0.05, 0.1) is 17.0 Å². The fraction of sp³-hybridized carbons (Fsp3) is 0.158. The van der Waals surface area contributed by atoms with Crippen LogP contribution in [0.25, 0.3) is 11.5 Å². The summed E-state index contributed by atoms with van der Waals surface area (Å²) in [5.41, 5.74) is 0.780. The molecule has 1 N–H and O–H groups in total. The number of aromatic nitrogens is 5. The van der Waals surface area contributed by atoms with Crippen LogP contribution in [-0.4, -0.2) is 31.2 Å². The molecule has 0 aliphatic heterocycles. The van der Waals surface area contributed by atoms with E-state index in [0.29, 0.717) is 28.6 Å². The van der Waals surface area contributed by atoms with Gasteiger partial charge in [0.15, 0.2) is 5.82 Å². The number of carbonyl (C=O) groups excluding carboxylic acids is 1. The van der Waals surface area contributed by atoms with E-state index < -0.39 is 5.82 Å². The van der Waals surface area contributed by atoms with Gasteiger partial charge in [-0.25, -0.2) is 4.39 Å². The number of carbonyl (C=O) groups is 1. The lowest BCUT2D eigenvalue weighted by atomic mass is 10.2. The lowest BCUT2D eigenvalue weighted by Gasteiger charge is -2.05. The summed E-state index contributed by atoms with van der Waals surface area (Å²) in [5, 5.41) is 14.9. The molecule has 3 aromatic heterocycles. The van der Waals surface area contributed by atoms with Crippen molar-refractivity contribution in [3.8, 4) is 11.5 Å². The summed E-state index contributed by atoms with van der Waals surface area (Å²) in [4.78, 5) is 20.3. The van der Waals surface area contributed by atoms with Crippen LogP contribution in [0.5, 0.6) is 0 Å². The molecule has 12 heteroatoms. The molecule has 9 nitrogen and oxygen atoms in total. The van der Waals surface area contributed by atoms with Crippen molar-refractivity contribution in [1.82, 2.24) is 25.3 Å². The van der Waals surface area contributed by atoms with Gasteiger partial charge in [0.1, 0.15) is 5.82 Å². The smallest absolute Gasteiger partial charge is 0.277 e. The number of aryl methyl sites for hydroxylation is 1. The zero-order chi connectivity index (χ0) is 21.6. The number of halogens is 2. The van der Waals surface area contributed by atoms with Crippen molar-refractivity contribution in [2.45, 2.75) is 23.8 Å². The molecular weight excluding hydrogens is 447 g/mol. The molecule has 31 heavy (non-hydrogen) atoms. The molecule has 0 atom stereocenters. The van der Waals surface area contributed by atoms with E-state index in [0.717, 1.165) is 11.6 Å². The van der Waals surface area contributed by atoms with Gasteiger partial charge in [-0.3, -0.25) is 9.78 Å². The number of nitrogens with zero attached hydrogens (tertiary/aromatic N) is 5. The van der Waals surface area contributed by atoms with E-state index in [1.807, 2.05) is 6.07 Å². The molecule has 4 aromatic rings. The van der Waals surface area contributed by atoms with E-state index in [4.69, 9.17) is 20.5 Å². The van der Waals surface area contributed by atoms with Crippen molar-refractivity contribution in [2.75, 3.05) is 5.32 Å². The molecule has 0 radical (unpaired) electrons. The Kier molecular flexibility index (Phi) is 6.53. The Bertz CT molecular complexity index is 1190. The Balaban J connectivity index is 1.26. The molecule has 1 amide bonds. The average molecular weight is 461 g/mol. The van der Waals surface area contributed by atoms with Crippen LogP contribution in [0.3, 0.4) is 0 Å². The fourth-order valence-corrected chi connectivity index (χ4v) is 3.24. The van der Waals surface area contributed by atoms with Crippen LogP contribution < -0.4 is 5.32 Å². The molecule has 0 aliphatic rings. The molecule has 158 valence electrons. The second kappa shape index (κ2) is 9.67. The van der Waals surface area contributed by atoms with Crippen LogP contribution in [0.15, 0.2) is 56.9 Å². The maximum atomic E-state index is 13.7. The van der Waals surface area contributed by atoms with Gasteiger partial charge < -0.3 is 14.3 Å². The molecule has 0 bridgehead atoms. The van der Waals surface area contributed by atoms with Crippen LogP contribution in [0.1, 0.15) is 18.1 Å². The quantitative estimate of drug-likeness (QED) is 0.386. The summed E-state index contributed by atoms with van der Waals surface area (Å²) in [7, 11) is 0. The molecule has 0 fully saturated rings. The average Bonchev–Trinajstić information content (AvgIpc) is 3.43. The minimum Gasteiger partial charge on any atom is -0.411 e. The Hall–Kier alpha value is -3.31. The van der Waals surface area contributed by atoms with Crippen LogP contribution in [0.4, 0.5) is 10.1 Å². The molecular formula is C19H14ClFN6O3S. The van der Waals surface area contributed by atoms with Gasteiger partial charge in [-0.2, -0.15) is 4.98 Å². The van der Waals surface area contributed by atoms with Gasteiger partial charge in [-0.15, -0.1) is 10.2 Å². The van der Waals surface area contributed by atoms with Gasteiger partial charge in [0, 0.05) is 30.3 Å². The lowest BCUT2D eigenvalue weighted by molar-refractivity contribution is -0.116. The standard InChI is InChI=1S/C19H14ClFN6O3S/c20-12-3-4-14(13(21)8-12)23-16(28)5-6-17-24-15(27-30-17)10-31-19-26-25-18(29-19)11-2-1-7-22-9-11/h1-4,7-9H,5-6,10H2,(H,23,28). The molecule has 1 aromatic carbocycles. The van der Waals surface area contributed by atoms with Gasteiger partial charge in [0.25, 0.3) is 5.22 Å². The summed E-state index contributed by atoms with van der Waals surface area (Å²) in [6.45, 7) is 0. The number of pyridine rings is 1. The maximum Gasteiger partial charge on any atom is 0.277 e. The SMILES string of the molecule is O=C(CCc1nc(CSc2nnc(-c3cccnc3)o2)no1)Nc1ccc(Cl)cc1F.